The molecule has 0 atom stereocenters. The van der Waals surface area contributed by atoms with Crippen molar-refractivity contribution in [3.8, 4) is 5.75 Å². The Morgan fingerprint density at radius 2 is 1.80 bits per heavy atom. The molecule has 0 bridgehead atoms. The molecule has 0 aromatic heterocycles. The molecule has 7 heteroatoms. The molecule has 6 nitrogen and oxygen atoms in total. The lowest BCUT2D eigenvalue weighted by Gasteiger charge is -2.44. The SMILES string of the molecule is COCC(=O)N1CCC2(CC1)SCCN2C(=O)COc1ccccc1. The zero-order valence-corrected chi connectivity index (χ0v) is 15.3. The number of hydrogen-bond acceptors (Lipinski definition) is 5. The molecule has 2 aliphatic rings. The third-order valence-corrected chi connectivity index (χ3v) is 6.30. The van der Waals surface area contributed by atoms with Crippen molar-refractivity contribution in [1.82, 2.24) is 9.80 Å². The van der Waals surface area contributed by atoms with E-state index in [-0.39, 0.29) is 29.9 Å². The first-order valence-electron chi connectivity index (χ1n) is 8.54. The maximum Gasteiger partial charge on any atom is 0.261 e. The Hall–Kier alpha value is -1.73. The number of amides is 2. The highest BCUT2D eigenvalue weighted by Gasteiger charge is 2.46. The summed E-state index contributed by atoms with van der Waals surface area (Å²) in [5.74, 6) is 1.68. The number of likely N-dealkylation sites (tertiary alicyclic amines) is 1. The van der Waals surface area contributed by atoms with Gasteiger partial charge >= 0.3 is 0 Å². The Balaban J connectivity index is 1.57. The molecule has 0 N–H and O–H groups in total. The molecule has 0 radical (unpaired) electrons. The highest BCUT2D eigenvalue weighted by atomic mass is 32.2. The van der Waals surface area contributed by atoms with E-state index in [4.69, 9.17) is 9.47 Å². The van der Waals surface area contributed by atoms with Gasteiger partial charge in [-0.1, -0.05) is 18.2 Å². The van der Waals surface area contributed by atoms with Gasteiger partial charge in [-0.15, -0.1) is 11.8 Å². The van der Waals surface area contributed by atoms with Crippen molar-refractivity contribution in [2.75, 3.05) is 45.7 Å². The monoisotopic (exact) mass is 364 g/mol. The van der Waals surface area contributed by atoms with Crippen LogP contribution < -0.4 is 4.74 Å². The smallest absolute Gasteiger partial charge is 0.261 e. The van der Waals surface area contributed by atoms with Crippen LogP contribution in [0.4, 0.5) is 0 Å². The van der Waals surface area contributed by atoms with Crippen LogP contribution in [0.3, 0.4) is 0 Å². The molecule has 0 aliphatic carbocycles. The Bertz CT molecular complexity index is 602. The molecular formula is C18H24N2O4S. The van der Waals surface area contributed by atoms with Gasteiger partial charge in [0.2, 0.25) is 5.91 Å². The van der Waals surface area contributed by atoms with Crippen molar-refractivity contribution in [2.24, 2.45) is 0 Å². The van der Waals surface area contributed by atoms with Crippen LogP contribution in [0.5, 0.6) is 5.75 Å². The molecule has 2 aliphatic heterocycles. The summed E-state index contributed by atoms with van der Waals surface area (Å²) in [6.07, 6.45) is 1.59. The zero-order valence-electron chi connectivity index (χ0n) is 14.5. The van der Waals surface area contributed by atoms with Crippen LogP contribution in [0, 0.1) is 0 Å². The number of ether oxygens (including phenoxy) is 2. The average molecular weight is 364 g/mol. The van der Waals surface area contributed by atoms with Gasteiger partial charge in [-0.3, -0.25) is 9.59 Å². The fraction of sp³-hybridized carbons (Fsp3) is 0.556. The maximum atomic E-state index is 12.7. The summed E-state index contributed by atoms with van der Waals surface area (Å²) in [6, 6.07) is 9.39. The molecule has 2 saturated heterocycles. The standard InChI is InChI=1S/C18H24N2O4S/c1-23-13-16(21)19-9-7-18(8-10-19)20(11-12-25-18)17(22)14-24-15-5-3-2-4-6-15/h2-6H,7-14H2,1H3. The number of methoxy groups -OCH3 is 1. The lowest BCUT2D eigenvalue weighted by atomic mass is 10.0. The minimum atomic E-state index is -0.193. The van der Waals surface area contributed by atoms with Crippen molar-refractivity contribution in [1.29, 1.82) is 0 Å². The molecule has 3 rings (SSSR count). The van der Waals surface area contributed by atoms with E-state index in [0.717, 1.165) is 25.1 Å². The van der Waals surface area contributed by atoms with Gasteiger partial charge in [-0.05, 0) is 25.0 Å². The second-order valence-electron chi connectivity index (χ2n) is 6.26. The highest BCUT2D eigenvalue weighted by Crippen LogP contribution is 2.43. The molecule has 1 aromatic carbocycles. The second-order valence-corrected chi connectivity index (χ2v) is 7.71. The summed E-state index contributed by atoms with van der Waals surface area (Å²) < 4.78 is 10.6. The van der Waals surface area contributed by atoms with Gasteiger partial charge in [0.15, 0.2) is 6.61 Å². The van der Waals surface area contributed by atoms with Crippen LogP contribution in [-0.4, -0.2) is 72.2 Å². The third kappa shape index (κ3) is 4.10. The van der Waals surface area contributed by atoms with Crippen LogP contribution in [0.1, 0.15) is 12.8 Å². The Labute approximate surface area is 152 Å². The van der Waals surface area contributed by atoms with Crippen LogP contribution in [0.15, 0.2) is 30.3 Å². The minimum Gasteiger partial charge on any atom is -0.484 e. The number of carbonyl (C=O) groups excluding carboxylic acids is 2. The van der Waals surface area contributed by atoms with Crippen molar-refractivity contribution in [2.45, 2.75) is 17.7 Å². The van der Waals surface area contributed by atoms with E-state index < -0.39 is 0 Å². The number of thioether (sulfide) groups is 1. The van der Waals surface area contributed by atoms with E-state index in [2.05, 4.69) is 0 Å². The number of para-hydroxylation sites is 1. The van der Waals surface area contributed by atoms with E-state index in [1.165, 1.54) is 7.11 Å². The van der Waals surface area contributed by atoms with E-state index in [0.29, 0.717) is 18.8 Å². The normalized spacial score (nSPS) is 19.2. The van der Waals surface area contributed by atoms with Gasteiger partial charge in [0.05, 0.1) is 4.87 Å². The predicted octanol–water partition coefficient (Wildman–Crippen LogP) is 1.61. The minimum absolute atomic E-state index is 0.0190. The van der Waals surface area contributed by atoms with Gasteiger partial charge in [0, 0.05) is 32.5 Å². The number of rotatable bonds is 5. The number of nitrogens with zero attached hydrogens (tertiary/aromatic N) is 2. The van der Waals surface area contributed by atoms with Crippen molar-refractivity contribution < 1.29 is 19.1 Å². The number of piperidine rings is 1. The van der Waals surface area contributed by atoms with Crippen LogP contribution in [0.2, 0.25) is 0 Å². The van der Waals surface area contributed by atoms with E-state index in [9.17, 15) is 9.59 Å². The molecule has 136 valence electrons. The van der Waals surface area contributed by atoms with Gasteiger partial charge in [-0.25, -0.2) is 0 Å². The first-order chi connectivity index (χ1) is 12.1. The first kappa shape index (κ1) is 18.1. The largest absolute Gasteiger partial charge is 0.484 e. The van der Waals surface area contributed by atoms with Crippen LogP contribution in [-0.2, 0) is 14.3 Å². The van der Waals surface area contributed by atoms with Gasteiger partial charge in [0.1, 0.15) is 12.4 Å². The first-order valence-corrected chi connectivity index (χ1v) is 9.52. The zero-order chi connectivity index (χ0) is 17.7. The van der Waals surface area contributed by atoms with Crippen LogP contribution >= 0.6 is 11.8 Å². The van der Waals surface area contributed by atoms with Crippen LogP contribution in [0.25, 0.3) is 0 Å². The van der Waals surface area contributed by atoms with Gasteiger partial charge in [-0.2, -0.15) is 0 Å². The summed E-state index contributed by atoms with van der Waals surface area (Å²) in [7, 11) is 1.53. The molecule has 1 aromatic rings. The Morgan fingerprint density at radius 3 is 2.48 bits per heavy atom. The molecule has 2 heterocycles. The fourth-order valence-electron chi connectivity index (χ4n) is 3.43. The molecule has 25 heavy (non-hydrogen) atoms. The molecule has 0 unspecified atom stereocenters. The lowest BCUT2D eigenvalue weighted by Crippen LogP contribution is -2.54. The summed E-state index contributed by atoms with van der Waals surface area (Å²) in [4.78, 5) is 28.3. The Kier molecular flexibility index (Phi) is 5.86. The molecule has 2 fully saturated rings. The van der Waals surface area contributed by atoms with E-state index in [1.54, 1.807) is 0 Å². The molecule has 1 spiro atoms. The molecule has 0 saturated carbocycles. The fourth-order valence-corrected chi connectivity index (χ4v) is 4.91. The summed E-state index contributed by atoms with van der Waals surface area (Å²) in [5.41, 5.74) is 0. The van der Waals surface area contributed by atoms with Gasteiger partial charge in [0.25, 0.3) is 5.91 Å². The number of hydrogen-bond donors (Lipinski definition) is 0. The van der Waals surface area contributed by atoms with Crippen molar-refractivity contribution >= 4 is 23.6 Å². The third-order valence-electron chi connectivity index (χ3n) is 4.75. The Morgan fingerprint density at radius 1 is 1.08 bits per heavy atom. The quantitative estimate of drug-likeness (QED) is 0.794. The van der Waals surface area contributed by atoms with E-state index >= 15 is 0 Å². The summed E-state index contributed by atoms with van der Waals surface area (Å²) in [5, 5.41) is 0. The summed E-state index contributed by atoms with van der Waals surface area (Å²) >= 11 is 1.83. The summed E-state index contributed by atoms with van der Waals surface area (Å²) in [6.45, 7) is 2.25. The van der Waals surface area contributed by atoms with Crippen molar-refractivity contribution in [3.63, 3.8) is 0 Å². The molecular weight excluding hydrogens is 340 g/mol. The molecule has 2 amide bonds. The highest BCUT2D eigenvalue weighted by molar-refractivity contribution is 8.00. The lowest BCUT2D eigenvalue weighted by molar-refractivity contribution is -0.140. The average Bonchev–Trinajstić information content (AvgIpc) is 3.04. The predicted molar refractivity (Wildman–Crippen MR) is 96.5 cm³/mol. The van der Waals surface area contributed by atoms with Crippen molar-refractivity contribution in [3.05, 3.63) is 30.3 Å². The topological polar surface area (TPSA) is 59.1 Å². The van der Waals surface area contributed by atoms with E-state index in [1.807, 2.05) is 51.9 Å². The number of carbonyl (C=O) groups is 2. The maximum absolute atomic E-state index is 12.7. The number of benzene rings is 1. The second kappa shape index (κ2) is 8.10. The van der Waals surface area contributed by atoms with Gasteiger partial charge < -0.3 is 19.3 Å².